The Kier molecular flexibility index (Phi) is 6.19. The Morgan fingerprint density at radius 3 is 2.80 bits per heavy atom. The van der Waals surface area contributed by atoms with Gasteiger partial charge in [0.2, 0.25) is 0 Å². The maximum atomic E-state index is 5.46. The summed E-state index contributed by atoms with van der Waals surface area (Å²) in [6, 6.07) is 10.6. The van der Waals surface area contributed by atoms with Gasteiger partial charge < -0.3 is 19.7 Å². The Labute approximate surface area is 149 Å². The smallest absolute Gasteiger partial charge is 0.156 e. The molecule has 0 amide bonds. The molecule has 0 aliphatic carbocycles. The summed E-state index contributed by atoms with van der Waals surface area (Å²) in [6.45, 7) is 6.73. The molecule has 6 heteroatoms. The Hall–Kier alpha value is -2.18. The maximum Gasteiger partial charge on any atom is 0.156 e. The Balaban J connectivity index is 1.62. The molecule has 25 heavy (non-hydrogen) atoms. The maximum absolute atomic E-state index is 5.46. The number of anilines is 2. The second-order valence-electron chi connectivity index (χ2n) is 6.15. The molecule has 0 atom stereocenters. The molecule has 1 aliphatic rings. The highest BCUT2D eigenvalue weighted by Gasteiger charge is 2.14. The monoisotopic (exact) mass is 342 g/mol. The zero-order chi connectivity index (χ0) is 17.5. The Bertz CT molecular complexity index is 687. The van der Waals surface area contributed by atoms with Crippen molar-refractivity contribution in [3.63, 3.8) is 0 Å². The first-order valence-corrected chi connectivity index (χ1v) is 8.74. The molecule has 0 spiro atoms. The molecule has 3 rings (SSSR count). The van der Waals surface area contributed by atoms with E-state index in [0.717, 1.165) is 50.8 Å². The highest BCUT2D eigenvalue weighted by atomic mass is 16.5. The number of nitrogens with zero attached hydrogens (tertiary/aromatic N) is 3. The van der Waals surface area contributed by atoms with Crippen molar-refractivity contribution in [2.75, 3.05) is 50.2 Å². The van der Waals surface area contributed by atoms with E-state index >= 15 is 0 Å². The van der Waals surface area contributed by atoms with E-state index in [4.69, 9.17) is 9.47 Å². The van der Waals surface area contributed by atoms with Gasteiger partial charge in [-0.1, -0.05) is 18.2 Å². The number of hydrogen-bond donors (Lipinski definition) is 1. The van der Waals surface area contributed by atoms with Crippen LogP contribution in [0.4, 0.5) is 11.5 Å². The molecule has 2 heterocycles. The van der Waals surface area contributed by atoms with Crippen molar-refractivity contribution in [1.29, 1.82) is 0 Å². The summed E-state index contributed by atoms with van der Waals surface area (Å²) in [5.74, 6) is 1.56. The molecule has 1 aromatic carbocycles. The SMILES string of the molecule is COCc1nc(C)cc(NCCc2ccccc2N2CCOCC2)n1. The second kappa shape index (κ2) is 8.78. The molecule has 1 fully saturated rings. The van der Waals surface area contributed by atoms with Crippen LogP contribution in [0.15, 0.2) is 30.3 Å². The van der Waals surface area contributed by atoms with E-state index in [9.17, 15) is 0 Å². The number of para-hydroxylation sites is 1. The highest BCUT2D eigenvalue weighted by molar-refractivity contribution is 5.54. The van der Waals surface area contributed by atoms with Gasteiger partial charge in [-0.25, -0.2) is 9.97 Å². The second-order valence-corrected chi connectivity index (χ2v) is 6.15. The lowest BCUT2D eigenvalue weighted by Gasteiger charge is -2.30. The first kappa shape index (κ1) is 17.6. The standard InChI is InChI=1S/C19H26N4O2/c1-15-13-18(22-19(21-15)14-24-2)20-8-7-16-5-3-4-6-17(16)23-9-11-25-12-10-23/h3-6,13H,7-12,14H2,1-2H3,(H,20,21,22). The van der Waals surface area contributed by atoms with Gasteiger partial charge in [-0.15, -0.1) is 0 Å². The summed E-state index contributed by atoms with van der Waals surface area (Å²) in [7, 11) is 1.65. The number of rotatable bonds is 7. The molecule has 2 aromatic rings. The quantitative estimate of drug-likeness (QED) is 0.834. The highest BCUT2D eigenvalue weighted by Crippen LogP contribution is 2.22. The fourth-order valence-electron chi connectivity index (χ4n) is 3.07. The van der Waals surface area contributed by atoms with Crippen LogP contribution in [0.3, 0.4) is 0 Å². The fourth-order valence-corrected chi connectivity index (χ4v) is 3.07. The van der Waals surface area contributed by atoms with Crippen LogP contribution >= 0.6 is 0 Å². The van der Waals surface area contributed by atoms with Crippen LogP contribution in [0.2, 0.25) is 0 Å². The van der Waals surface area contributed by atoms with Gasteiger partial charge in [0, 0.05) is 44.2 Å². The molecule has 0 saturated carbocycles. The summed E-state index contributed by atoms with van der Waals surface area (Å²) < 4.78 is 10.6. The predicted molar refractivity (Wildman–Crippen MR) is 99.1 cm³/mol. The lowest BCUT2D eigenvalue weighted by atomic mass is 10.1. The molecule has 1 saturated heterocycles. The van der Waals surface area contributed by atoms with E-state index in [1.807, 2.05) is 13.0 Å². The number of aryl methyl sites for hydroxylation is 1. The molecular weight excluding hydrogens is 316 g/mol. The molecule has 1 aromatic heterocycles. The summed E-state index contributed by atoms with van der Waals surface area (Å²) in [4.78, 5) is 11.3. The van der Waals surface area contributed by atoms with Gasteiger partial charge in [0.1, 0.15) is 12.4 Å². The number of morpholine rings is 1. The van der Waals surface area contributed by atoms with Gasteiger partial charge in [-0.3, -0.25) is 0 Å². The molecule has 1 aliphatic heterocycles. The van der Waals surface area contributed by atoms with E-state index in [1.54, 1.807) is 7.11 Å². The zero-order valence-corrected chi connectivity index (χ0v) is 15.0. The third kappa shape index (κ3) is 4.90. The van der Waals surface area contributed by atoms with Crippen LogP contribution in [-0.2, 0) is 22.5 Å². The molecule has 0 bridgehead atoms. The first-order chi connectivity index (χ1) is 12.3. The van der Waals surface area contributed by atoms with Crippen molar-refractivity contribution in [1.82, 2.24) is 9.97 Å². The van der Waals surface area contributed by atoms with Crippen molar-refractivity contribution in [2.45, 2.75) is 20.0 Å². The van der Waals surface area contributed by atoms with E-state index in [-0.39, 0.29) is 0 Å². The normalized spacial score (nSPS) is 14.6. The van der Waals surface area contributed by atoms with Crippen LogP contribution in [-0.4, -0.2) is 49.9 Å². The van der Waals surface area contributed by atoms with E-state index in [2.05, 4.69) is 44.5 Å². The summed E-state index contributed by atoms with van der Waals surface area (Å²) in [5.41, 5.74) is 3.60. The van der Waals surface area contributed by atoms with Gasteiger partial charge >= 0.3 is 0 Å². The van der Waals surface area contributed by atoms with E-state index in [0.29, 0.717) is 12.4 Å². The number of benzene rings is 1. The zero-order valence-electron chi connectivity index (χ0n) is 15.0. The van der Waals surface area contributed by atoms with Crippen molar-refractivity contribution >= 4 is 11.5 Å². The van der Waals surface area contributed by atoms with Crippen molar-refractivity contribution < 1.29 is 9.47 Å². The van der Waals surface area contributed by atoms with Crippen LogP contribution in [0, 0.1) is 6.92 Å². The predicted octanol–water partition coefficient (Wildman–Crippen LogP) is 2.42. The van der Waals surface area contributed by atoms with Gasteiger partial charge in [0.05, 0.1) is 13.2 Å². The summed E-state index contributed by atoms with van der Waals surface area (Å²) >= 11 is 0. The van der Waals surface area contributed by atoms with Crippen molar-refractivity contribution in [3.8, 4) is 0 Å². The molecular formula is C19H26N4O2. The number of nitrogens with one attached hydrogen (secondary N) is 1. The third-order valence-corrected chi connectivity index (χ3v) is 4.22. The Morgan fingerprint density at radius 1 is 1.20 bits per heavy atom. The van der Waals surface area contributed by atoms with Crippen LogP contribution < -0.4 is 10.2 Å². The molecule has 6 nitrogen and oxygen atoms in total. The van der Waals surface area contributed by atoms with Crippen molar-refractivity contribution in [2.24, 2.45) is 0 Å². The summed E-state index contributed by atoms with van der Waals surface area (Å²) in [6.07, 6.45) is 0.941. The molecule has 0 radical (unpaired) electrons. The Morgan fingerprint density at radius 2 is 2.00 bits per heavy atom. The molecule has 0 unspecified atom stereocenters. The first-order valence-electron chi connectivity index (χ1n) is 8.74. The van der Waals surface area contributed by atoms with E-state index in [1.165, 1.54) is 11.3 Å². The topological polar surface area (TPSA) is 59.5 Å². The van der Waals surface area contributed by atoms with Gasteiger partial charge in [0.25, 0.3) is 0 Å². The van der Waals surface area contributed by atoms with Gasteiger partial charge in [0.15, 0.2) is 5.82 Å². The number of methoxy groups -OCH3 is 1. The summed E-state index contributed by atoms with van der Waals surface area (Å²) in [5, 5.41) is 3.41. The number of aromatic nitrogens is 2. The average molecular weight is 342 g/mol. The lowest BCUT2D eigenvalue weighted by molar-refractivity contribution is 0.122. The van der Waals surface area contributed by atoms with Crippen LogP contribution in [0.5, 0.6) is 0 Å². The minimum absolute atomic E-state index is 0.427. The lowest BCUT2D eigenvalue weighted by Crippen LogP contribution is -2.36. The third-order valence-electron chi connectivity index (χ3n) is 4.22. The average Bonchev–Trinajstić information content (AvgIpc) is 2.63. The largest absolute Gasteiger partial charge is 0.378 e. The minimum atomic E-state index is 0.427. The minimum Gasteiger partial charge on any atom is -0.378 e. The van der Waals surface area contributed by atoms with Gasteiger partial charge in [-0.05, 0) is 25.0 Å². The van der Waals surface area contributed by atoms with Crippen molar-refractivity contribution in [3.05, 3.63) is 47.4 Å². The van der Waals surface area contributed by atoms with Gasteiger partial charge in [-0.2, -0.15) is 0 Å². The van der Waals surface area contributed by atoms with E-state index < -0.39 is 0 Å². The van der Waals surface area contributed by atoms with Crippen LogP contribution in [0.1, 0.15) is 17.1 Å². The number of ether oxygens (including phenoxy) is 2. The molecule has 134 valence electrons. The molecule has 1 N–H and O–H groups in total. The van der Waals surface area contributed by atoms with Crippen LogP contribution in [0.25, 0.3) is 0 Å². The fraction of sp³-hybridized carbons (Fsp3) is 0.474. The number of hydrogen-bond acceptors (Lipinski definition) is 6.